The second-order valence-electron chi connectivity index (χ2n) is 5.80. The van der Waals surface area contributed by atoms with Crippen LogP contribution in [0.4, 0.5) is 0 Å². The summed E-state index contributed by atoms with van der Waals surface area (Å²) in [4.78, 5) is 17.9. The van der Waals surface area contributed by atoms with Crippen molar-refractivity contribution >= 4 is 54.2 Å². The van der Waals surface area contributed by atoms with Crippen LogP contribution >= 0.6 is 15.9 Å². The first-order valence-electron chi connectivity index (χ1n) is 7.65. The minimum atomic E-state index is -0.0309. The van der Waals surface area contributed by atoms with Crippen molar-refractivity contribution in [3.8, 4) is 0 Å². The molecular formula is C20H11BrN2O. The van der Waals surface area contributed by atoms with E-state index in [1.807, 2.05) is 60.7 Å². The van der Waals surface area contributed by atoms with Gasteiger partial charge in [-0.25, -0.2) is 4.98 Å². The number of aromatic nitrogens is 2. The molecule has 2 aromatic heterocycles. The smallest absolute Gasteiger partial charge is 0.266 e. The molecule has 0 N–H and O–H groups in total. The maximum Gasteiger partial charge on any atom is 0.266 e. The third kappa shape index (κ3) is 1.77. The van der Waals surface area contributed by atoms with E-state index in [-0.39, 0.29) is 5.56 Å². The molecule has 0 aliphatic rings. The molecule has 0 atom stereocenters. The van der Waals surface area contributed by atoms with E-state index in [4.69, 9.17) is 4.98 Å². The minimum Gasteiger partial charge on any atom is -0.268 e. The quantitative estimate of drug-likeness (QED) is 0.285. The Bertz CT molecular complexity index is 1340. The number of fused-ring (bicyclic) bond motifs is 7. The number of nitrogens with zero attached hydrogens (tertiary/aromatic N) is 2. The molecule has 0 fully saturated rings. The molecule has 2 heterocycles. The summed E-state index contributed by atoms with van der Waals surface area (Å²) in [7, 11) is 0. The Morgan fingerprint density at radius 3 is 2.42 bits per heavy atom. The normalized spacial score (nSPS) is 11.7. The molecule has 3 aromatic carbocycles. The first kappa shape index (κ1) is 13.7. The average molecular weight is 375 g/mol. The van der Waals surface area contributed by atoms with Crippen LogP contribution in [-0.4, -0.2) is 9.38 Å². The van der Waals surface area contributed by atoms with Crippen molar-refractivity contribution in [2.75, 3.05) is 0 Å². The summed E-state index contributed by atoms with van der Waals surface area (Å²) in [6, 6.07) is 21.5. The van der Waals surface area contributed by atoms with Gasteiger partial charge in [0.05, 0.1) is 16.4 Å². The van der Waals surface area contributed by atoms with E-state index in [1.165, 1.54) is 0 Å². The summed E-state index contributed by atoms with van der Waals surface area (Å²) >= 11 is 3.55. The minimum absolute atomic E-state index is 0.0309. The van der Waals surface area contributed by atoms with Gasteiger partial charge in [-0.2, -0.15) is 0 Å². The number of rotatable bonds is 0. The van der Waals surface area contributed by atoms with Gasteiger partial charge in [-0.3, -0.25) is 9.20 Å². The highest BCUT2D eigenvalue weighted by Crippen LogP contribution is 2.30. The second-order valence-corrected chi connectivity index (χ2v) is 6.72. The lowest BCUT2D eigenvalue weighted by Crippen LogP contribution is -2.16. The Morgan fingerprint density at radius 1 is 0.792 bits per heavy atom. The molecule has 114 valence electrons. The molecule has 0 radical (unpaired) electrons. The van der Waals surface area contributed by atoms with E-state index in [9.17, 15) is 4.79 Å². The molecule has 5 rings (SSSR count). The molecule has 0 aliphatic heterocycles. The van der Waals surface area contributed by atoms with E-state index in [0.717, 1.165) is 31.7 Å². The summed E-state index contributed by atoms with van der Waals surface area (Å²) in [5, 5.41) is 3.74. The van der Waals surface area contributed by atoms with Crippen molar-refractivity contribution in [1.29, 1.82) is 0 Å². The Balaban J connectivity index is 2.22. The van der Waals surface area contributed by atoms with Crippen molar-refractivity contribution in [3.05, 3.63) is 81.6 Å². The molecule has 4 heteroatoms. The van der Waals surface area contributed by atoms with Gasteiger partial charge in [0.1, 0.15) is 5.65 Å². The zero-order valence-corrected chi connectivity index (χ0v) is 14.1. The Kier molecular flexibility index (Phi) is 2.79. The topological polar surface area (TPSA) is 34.4 Å². The molecule has 3 nitrogen and oxygen atoms in total. The third-order valence-corrected chi connectivity index (χ3v) is 4.93. The van der Waals surface area contributed by atoms with Gasteiger partial charge in [0, 0.05) is 15.2 Å². The van der Waals surface area contributed by atoms with Crippen molar-refractivity contribution in [2.45, 2.75) is 0 Å². The van der Waals surface area contributed by atoms with Crippen LogP contribution in [0.25, 0.3) is 38.2 Å². The summed E-state index contributed by atoms with van der Waals surface area (Å²) in [5.74, 6) is 0. The SMILES string of the molecule is O=c1c2ccccc2nc2c3ccc(Br)cc3c3ccccc3n12. The number of halogens is 1. The summed E-state index contributed by atoms with van der Waals surface area (Å²) in [6.07, 6.45) is 0. The fourth-order valence-electron chi connectivity index (χ4n) is 3.37. The van der Waals surface area contributed by atoms with Crippen LogP contribution in [0.5, 0.6) is 0 Å². The summed E-state index contributed by atoms with van der Waals surface area (Å²) < 4.78 is 2.74. The van der Waals surface area contributed by atoms with Gasteiger partial charge >= 0.3 is 0 Å². The van der Waals surface area contributed by atoms with E-state index in [1.54, 1.807) is 4.40 Å². The average Bonchev–Trinajstić information content (AvgIpc) is 2.62. The molecule has 5 aromatic rings. The van der Waals surface area contributed by atoms with Gasteiger partial charge in [0.25, 0.3) is 5.56 Å². The summed E-state index contributed by atoms with van der Waals surface area (Å²) in [6.45, 7) is 0. The largest absolute Gasteiger partial charge is 0.268 e. The van der Waals surface area contributed by atoms with Crippen molar-refractivity contribution < 1.29 is 0 Å². The van der Waals surface area contributed by atoms with E-state index >= 15 is 0 Å². The Labute approximate surface area is 145 Å². The standard InChI is InChI=1S/C20H11BrN2O/c21-12-9-10-14-16(11-12)13-5-2-4-8-18(13)23-19(14)22-17-7-3-1-6-15(17)20(23)24/h1-11H. The number of hydrogen-bond acceptors (Lipinski definition) is 2. The van der Waals surface area contributed by atoms with Crippen LogP contribution in [0.3, 0.4) is 0 Å². The van der Waals surface area contributed by atoms with Gasteiger partial charge in [0.15, 0.2) is 0 Å². The van der Waals surface area contributed by atoms with Gasteiger partial charge in [0.2, 0.25) is 0 Å². The fourth-order valence-corrected chi connectivity index (χ4v) is 3.73. The lowest BCUT2D eigenvalue weighted by atomic mass is 10.1. The molecule has 0 unspecified atom stereocenters. The predicted molar refractivity (Wildman–Crippen MR) is 102 cm³/mol. The van der Waals surface area contributed by atoms with Gasteiger partial charge in [-0.15, -0.1) is 0 Å². The van der Waals surface area contributed by atoms with Crippen molar-refractivity contribution in [1.82, 2.24) is 9.38 Å². The van der Waals surface area contributed by atoms with Crippen LogP contribution in [0, 0.1) is 0 Å². The predicted octanol–water partition coefficient (Wildman–Crippen LogP) is 4.92. The van der Waals surface area contributed by atoms with Crippen LogP contribution in [-0.2, 0) is 0 Å². The van der Waals surface area contributed by atoms with Crippen LogP contribution in [0.15, 0.2) is 76.0 Å². The van der Waals surface area contributed by atoms with E-state index in [0.29, 0.717) is 11.0 Å². The maximum atomic E-state index is 13.1. The number of hydrogen-bond donors (Lipinski definition) is 0. The number of benzene rings is 3. The van der Waals surface area contributed by atoms with Crippen molar-refractivity contribution in [2.24, 2.45) is 0 Å². The van der Waals surface area contributed by atoms with Gasteiger partial charge in [-0.1, -0.05) is 46.3 Å². The number of para-hydroxylation sites is 2. The van der Waals surface area contributed by atoms with Gasteiger partial charge < -0.3 is 0 Å². The van der Waals surface area contributed by atoms with Crippen LogP contribution in [0.1, 0.15) is 0 Å². The molecule has 0 spiro atoms. The lowest BCUT2D eigenvalue weighted by Gasteiger charge is -2.12. The summed E-state index contributed by atoms with van der Waals surface area (Å²) in [5.41, 5.74) is 2.26. The fraction of sp³-hybridized carbons (Fsp3) is 0. The highest BCUT2D eigenvalue weighted by molar-refractivity contribution is 9.10. The zero-order chi connectivity index (χ0) is 16.3. The molecule has 0 amide bonds. The number of pyridine rings is 1. The highest BCUT2D eigenvalue weighted by atomic mass is 79.9. The molecule has 0 saturated heterocycles. The van der Waals surface area contributed by atoms with Crippen LogP contribution in [0.2, 0.25) is 0 Å². The maximum absolute atomic E-state index is 13.1. The van der Waals surface area contributed by atoms with Gasteiger partial charge in [-0.05, 0) is 41.8 Å². The van der Waals surface area contributed by atoms with Crippen LogP contribution < -0.4 is 5.56 Å². The van der Waals surface area contributed by atoms with E-state index in [2.05, 4.69) is 22.0 Å². The molecule has 0 aliphatic carbocycles. The Morgan fingerprint density at radius 2 is 1.54 bits per heavy atom. The van der Waals surface area contributed by atoms with E-state index < -0.39 is 0 Å². The zero-order valence-electron chi connectivity index (χ0n) is 12.5. The monoisotopic (exact) mass is 374 g/mol. The Hall–Kier alpha value is -2.72. The molecular weight excluding hydrogens is 364 g/mol. The third-order valence-electron chi connectivity index (χ3n) is 4.43. The first-order valence-corrected chi connectivity index (χ1v) is 8.45. The molecule has 24 heavy (non-hydrogen) atoms. The van der Waals surface area contributed by atoms with Crippen molar-refractivity contribution in [3.63, 3.8) is 0 Å². The highest BCUT2D eigenvalue weighted by Gasteiger charge is 2.13. The second kappa shape index (κ2) is 4.89. The lowest BCUT2D eigenvalue weighted by molar-refractivity contribution is 1.14. The first-order chi connectivity index (χ1) is 11.7. The molecule has 0 saturated carbocycles. The molecule has 0 bridgehead atoms.